The van der Waals surface area contributed by atoms with Crippen LogP contribution in [0.4, 0.5) is 0 Å². The summed E-state index contributed by atoms with van der Waals surface area (Å²) in [5.74, 6) is 2.42. The number of oxazole rings is 1. The normalized spacial score (nSPS) is 23.4. The molecule has 0 bridgehead atoms. The first-order chi connectivity index (χ1) is 15.3. The van der Waals surface area contributed by atoms with Crippen molar-refractivity contribution in [3.8, 4) is 10.8 Å². The number of fused-ring (bicyclic) bond motifs is 1. The Bertz CT molecular complexity index is 1230. The summed E-state index contributed by atoms with van der Waals surface area (Å²) in [6.07, 6.45) is 2.75. The minimum atomic E-state index is -1.26. The second kappa shape index (κ2) is 8.01. The van der Waals surface area contributed by atoms with Gasteiger partial charge in [-0.2, -0.15) is 0 Å². The Morgan fingerprint density at radius 2 is 2.03 bits per heavy atom. The summed E-state index contributed by atoms with van der Waals surface area (Å²) in [5.41, 5.74) is 9.03. The van der Waals surface area contributed by atoms with E-state index in [0.717, 1.165) is 40.5 Å². The van der Waals surface area contributed by atoms with Crippen LogP contribution in [0.1, 0.15) is 47.2 Å². The van der Waals surface area contributed by atoms with Crippen LogP contribution >= 0.6 is 22.9 Å². The van der Waals surface area contributed by atoms with E-state index in [4.69, 9.17) is 26.7 Å². The predicted molar refractivity (Wildman–Crippen MR) is 131 cm³/mol. The lowest BCUT2D eigenvalue weighted by molar-refractivity contribution is 0.472. The van der Waals surface area contributed by atoms with E-state index in [0.29, 0.717) is 22.6 Å². The molecule has 168 valence electrons. The second-order valence-corrected chi connectivity index (χ2v) is 11.5. The molecule has 2 aromatic heterocycles. The smallest absolute Gasteiger partial charge is 0.236 e. The zero-order chi connectivity index (χ0) is 22.6. The van der Waals surface area contributed by atoms with E-state index in [9.17, 15) is 4.21 Å². The summed E-state index contributed by atoms with van der Waals surface area (Å²) in [5, 5.41) is 0.566. The molecule has 0 radical (unpaired) electrons. The fourth-order valence-electron chi connectivity index (χ4n) is 4.54. The van der Waals surface area contributed by atoms with Crippen LogP contribution in [0.5, 0.6) is 0 Å². The van der Waals surface area contributed by atoms with E-state index < -0.39 is 16.5 Å². The van der Waals surface area contributed by atoms with Gasteiger partial charge in [0.1, 0.15) is 22.3 Å². The van der Waals surface area contributed by atoms with Crippen molar-refractivity contribution in [1.82, 2.24) is 9.29 Å². The number of benzene rings is 1. The molecule has 0 saturated carbocycles. The number of rotatable bonds is 4. The quantitative estimate of drug-likeness (QED) is 0.579. The average Bonchev–Trinajstić information content (AvgIpc) is 3.47. The Labute approximate surface area is 199 Å². The van der Waals surface area contributed by atoms with Crippen LogP contribution < -0.4 is 5.73 Å². The number of hydrogen-bond donors (Lipinski definition) is 1. The molecule has 1 aromatic carbocycles. The van der Waals surface area contributed by atoms with Gasteiger partial charge in [-0.3, -0.25) is 4.31 Å². The maximum atomic E-state index is 12.5. The van der Waals surface area contributed by atoms with Gasteiger partial charge in [-0.1, -0.05) is 42.8 Å². The standard InChI is InChI=1S/C23H25ClN4O2S2/c1-4-17-19(15-9-13-7-5-6-8-14(13)10-15)30-21(26-17)18-11-16(24)20(31-18)23(2)12-32(29)28(3)22(25)27-23/h5-8,11,15H,4,9-10,12H2,1-3H3,(H2,25,27). The Balaban J connectivity index is 1.49. The first-order valence-corrected chi connectivity index (χ1v) is 13.1. The Morgan fingerprint density at radius 3 is 2.66 bits per heavy atom. The largest absolute Gasteiger partial charge is 0.440 e. The number of nitrogens with zero attached hydrogens (tertiary/aromatic N) is 3. The van der Waals surface area contributed by atoms with Gasteiger partial charge in [0.15, 0.2) is 0 Å². The van der Waals surface area contributed by atoms with Crippen molar-refractivity contribution in [2.24, 2.45) is 10.7 Å². The number of aryl methyl sites for hydroxylation is 1. The number of halogens is 1. The van der Waals surface area contributed by atoms with Gasteiger partial charge in [0.25, 0.3) is 0 Å². The fourth-order valence-corrected chi connectivity index (χ4v) is 7.32. The van der Waals surface area contributed by atoms with E-state index in [1.807, 2.05) is 13.0 Å². The van der Waals surface area contributed by atoms with Crippen LogP contribution in [-0.4, -0.2) is 32.3 Å². The van der Waals surface area contributed by atoms with Crippen LogP contribution in [0.15, 0.2) is 39.7 Å². The summed E-state index contributed by atoms with van der Waals surface area (Å²) in [6, 6.07) is 10.5. The number of aromatic nitrogens is 1. The van der Waals surface area contributed by atoms with E-state index >= 15 is 0 Å². The fraction of sp³-hybridized carbons (Fsp3) is 0.391. The van der Waals surface area contributed by atoms with Gasteiger partial charge in [-0.05, 0) is 43.4 Å². The maximum Gasteiger partial charge on any atom is 0.236 e. The van der Waals surface area contributed by atoms with Gasteiger partial charge in [-0.25, -0.2) is 14.2 Å². The van der Waals surface area contributed by atoms with E-state index in [1.165, 1.54) is 26.8 Å². The van der Waals surface area contributed by atoms with E-state index in [-0.39, 0.29) is 5.96 Å². The van der Waals surface area contributed by atoms with Crippen LogP contribution in [0, 0.1) is 0 Å². The summed E-state index contributed by atoms with van der Waals surface area (Å²) >= 11 is 8.12. The third-order valence-corrected chi connectivity index (χ3v) is 9.66. The van der Waals surface area contributed by atoms with E-state index in [2.05, 4.69) is 36.2 Å². The SMILES string of the molecule is CCc1nc(-c2cc(Cl)c(C3(C)CS(=O)N(C)C(N)=N3)s2)oc1C1Cc2ccccc2C1. The van der Waals surface area contributed by atoms with Crippen molar-refractivity contribution in [1.29, 1.82) is 0 Å². The molecular formula is C23H25ClN4O2S2. The van der Waals surface area contributed by atoms with Crippen LogP contribution in [0.25, 0.3) is 10.8 Å². The monoisotopic (exact) mass is 488 g/mol. The molecule has 2 unspecified atom stereocenters. The molecule has 3 aromatic rings. The molecule has 6 nitrogen and oxygen atoms in total. The lowest BCUT2D eigenvalue weighted by atomic mass is 10.0. The third kappa shape index (κ3) is 3.58. The molecule has 32 heavy (non-hydrogen) atoms. The first kappa shape index (κ1) is 21.7. The highest BCUT2D eigenvalue weighted by Crippen LogP contribution is 2.45. The molecule has 1 aliphatic heterocycles. The molecule has 0 amide bonds. The molecule has 0 spiro atoms. The number of hydrogen-bond acceptors (Lipinski definition) is 6. The molecule has 2 atom stereocenters. The molecule has 0 saturated heterocycles. The van der Waals surface area contributed by atoms with Crippen molar-refractivity contribution in [2.75, 3.05) is 12.8 Å². The van der Waals surface area contributed by atoms with Crippen LogP contribution in [-0.2, 0) is 35.8 Å². The van der Waals surface area contributed by atoms with Crippen molar-refractivity contribution >= 4 is 39.9 Å². The highest BCUT2D eigenvalue weighted by atomic mass is 35.5. The number of thiophene rings is 1. The minimum Gasteiger partial charge on any atom is -0.440 e. The number of guanidine groups is 1. The van der Waals surface area contributed by atoms with Gasteiger partial charge < -0.3 is 10.2 Å². The highest BCUT2D eigenvalue weighted by Gasteiger charge is 2.39. The minimum absolute atomic E-state index is 0.246. The van der Waals surface area contributed by atoms with Crippen molar-refractivity contribution in [3.05, 3.63) is 62.8 Å². The van der Waals surface area contributed by atoms with Gasteiger partial charge in [0.2, 0.25) is 11.9 Å². The summed E-state index contributed by atoms with van der Waals surface area (Å²) in [4.78, 5) is 11.1. The Morgan fingerprint density at radius 1 is 1.34 bits per heavy atom. The van der Waals surface area contributed by atoms with Gasteiger partial charge in [0.05, 0.1) is 26.2 Å². The van der Waals surface area contributed by atoms with Crippen LogP contribution in [0.3, 0.4) is 0 Å². The summed E-state index contributed by atoms with van der Waals surface area (Å²) in [7, 11) is 0.414. The zero-order valence-electron chi connectivity index (χ0n) is 18.2. The first-order valence-electron chi connectivity index (χ1n) is 10.6. The second-order valence-electron chi connectivity index (χ2n) is 8.55. The molecule has 0 fully saturated rings. The molecule has 2 N–H and O–H groups in total. The van der Waals surface area contributed by atoms with E-state index in [1.54, 1.807) is 7.05 Å². The molecule has 9 heteroatoms. The molecule has 1 aliphatic carbocycles. The number of aliphatic imine (C=N–C) groups is 1. The third-order valence-electron chi connectivity index (χ3n) is 6.26. The van der Waals surface area contributed by atoms with Gasteiger partial charge >= 0.3 is 0 Å². The summed E-state index contributed by atoms with van der Waals surface area (Å²) < 4.78 is 20.4. The number of nitrogens with two attached hydrogens (primary N) is 1. The molecule has 2 aliphatic rings. The van der Waals surface area contributed by atoms with Crippen LogP contribution in [0.2, 0.25) is 5.02 Å². The topological polar surface area (TPSA) is 84.7 Å². The maximum absolute atomic E-state index is 12.5. The lowest BCUT2D eigenvalue weighted by Crippen LogP contribution is -2.47. The molecular weight excluding hydrogens is 464 g/mol. The molecule has 3 heterocycles. The van der Waals surface area contributed by atoms with Crippen molar-refractivity contribution in [2.45, 2.75) is 44.6 Å². The van der Waals surface area contributed by atoms with Crippen molar-refractivity contribution in [3.63, 3.8) is 0 Å². The van der Waals surface area contributed by atoms with Crippen molar-refractivity contribution < 1.29 is 8.63 Å². The zero-order valence-corrected chi connectivity index (χ0v) is 20.6. The van der Waals surface area contributed by atoms with Gasteiger partial charge in [-0.15, -0.1) is 11.3 Å². The van der Waals surface area contributed by atoms with Gasteiger partial charge in [0, 0.05) is 13.0 Å². The lowest BCUT2D eigenvalue weighted by Gasteiger charge is -2.33. The Hall–Kier alpha value is -2.16. The highest BCUT2D eigenvalue weighted by molar-refractivity contribution is 7.83. The molecule has 5 rings (SSSR count). The predicted octanol–water partition coefficient (Wildman–Crippen LogP) is 4.64. The summed E-state index contributed by atoms with van der Waals surface area (Å²) in [6.45, 7) is 4.02. The Kier molecular flexibility index (Phi) is 5.42. The average molecular weight is 489 g/mol.